The molecule has 142 valence electrons. The predicted molar refractivity (Wildman–Crippen MR) is 99.3 cm³/mol. The van der Waals surface area contributed by atoms with Gasteiger partial charge in [0, 0.05) is 17.2 Å². The predicted octanol–water partition coefficient (Wildman–Crippen LogP) is 3.50. The number of ketones is 1. The number of unbranched alkanes of at least 4 members (excludes halogenated alkanes) is 1. The highest BCUT2D eigenvalue weighted by atomic mass is 79.9. The standard InChI is InChI=1S/C20H19BrFNO4/c1-2-3-4-15-19-18(20(25)27-15)16(10-5-6-12(22)11(21)7-10)17-13(23-19)8-26-9-14(17)24/h5-7,15-16,23H,2-4,8-9H2,1H3/t15-,16+/m0/s1. The third kappa shape index (κ3) is 3.12. The SMILES string of the molecule is CCCC[C@@H]1OC(=O)C2=C1NC1=C(C(=O)COC1)[C@H]2c1ccc(F)c(Br)c1. The second kappa shape index (κ2) is 7.20. The zero-order valence-electron chi connectivity index (χ0n) is 14.8. The molecule has 5 nitrogen and oxygen atoms in total. The molecule has 27 heavy (non-hydrogen) atoms. The highest BCUT2D eigenvalue weighted by molar-refractivity contribution is 9.10. The van der Waals surface area contributed by atoms with Gasteiger partial charge in [-0.2, -0.15) is 0 Å². The lowest BCUT2D eigenvalue weighted by Crippen LogP contribution is -2.38. The molecule has 0 radical (unpaired) electrons. The first-order valence-electron chi connectivity index (χ1n) is 9.02. The Bertz CT molecular complexity index is 892. The van der Waals surface area contributed by atoms with Crippen LogP contribution in [-0.2, 0) is 19.1 Å². The van der Waals surface area contributed by atoms with Crippen LogP contribution < -0.4 is 5.32 Å². The fourth-order valence-corrected chi connectivity index (χ4v) is 4.29. The fraction of sp³-hybridized carbons (Fsp3) is 0.400. The van der Waals surface area contributed by atoms with Crippen LogP contribution >= 0.6 is 15.9 Å². The summed E-state index contributed by atoms with van der Waals surface area (Å²) in [5.74, 6) is -1.58. The Kier molecular flexibility index (Phi) is 4.90. The van der Waals surface area contributed by atoms with Crippen LogP contribution in [0.3, 0.4) is 0 Å². The monoisotopic (exact) mass is 435 g/mol. The molecule has 0 aromatic heterocycles. The molecule has 0 aliphatic carbocycles. The van der Waals surface area contributed by atoms with Crippen LogP contribution in [0.25, 0.3) is 0 Å². The molecule has 0 spiro atoms. The Morgan fingerprint density at radius 1 is 1.26 bits per heavy atom. The summed E-state index contributed by atoms with van der Waals surface area (Å²) in [7, 11) is 0. The number of ether oxygens (including phenoxy) is 2. The largest absolute Gasteiger partial charge is 0.452 e. The minimum Gasteiger partial charge on any atom is -0.452 e. The van der Waals surface area contributed by atoms with Crippen LogP contribution in [0.15, 0.2) is 45.2 Å². The molecule has 0 bridgehead atoms. The number of carbonyl (C=O) groups excluding carboxylic acids is 2. The van der Waals surface area contributed by atoms with E-state index in [1.807, 2.05) is 0 Å². The Labute approximate surface area is 164 Å². The van der Waals surface area contributed by atoms with E-state index < -0.39 is 17.7 Å². The van der Waals surface area contributed by atoms with Gasteiger partial charge in [-0.1, -0.05) is 19.4 Å². The number of nitrogens with one attached hydrogen (secondary N) is 1. The number of hydrogen-bond acceptors (Lipinski definition) is 5. The average Bonchev–Trinajstić information content (AvgIpc) is 2.96. The van der Waals surface area contributed by atoms with Crippen molar-refractivity contribution in [2.45, 2.75) is 38.2 Å². The van der Waals surface area contributed by atoms with Crippen molar-refractivity contribution in [3.63, 3.8) is 0 Å². The lowest BCUT2D eigenvalue weighted by Gasteiger charge is -2.32. The van der Waals surface area contributed by atoms with Gasteiger partial charge >= 0.3 is 5.97 Å². The van der Waals surface area contributed by atoms with Crippen molar-refractivity contribution in [1.29, 1.82) is 0 Å². The molecule has 2 atom stereocenters. The number of dihydropyridines is 1. The molecule has 3 aliphatic heterocycles. The first-order chi connectivity index (χ1) is 13.0. The minimum absolute atomic E-state index is 0.0314. The van der Waals surface area contributed by atoms with Crippen LogP contribution in [0.4, 0.5) is 4.39 Å². The lowest BCUT2D eigenvalue weighted by atomic mass is 9.78. The van der Waals surface area contributed by atoms with Crippen molar-refractivity contribution < 1.29 is 23.5 Å². The molecule has 3 heterocycles. The van der Waals surface area contributed by atoms with Crippen LogP contribution in [0.5, 0.6) is 0 Å². The smallest absolute Gasteiger partial charge is 0.337 e. The van der Waals surface area contributed by atoms with Gasteiger partial charge in [0.15, 0.2) is 5.78 Å². The summed E-state index contributed by atoms with van der Waals surface area (Å²) in [6, 6.07) is 4.57. The molecule has 1 aromatic rings. The van der Waals surface area contributed by atoms with Gasteiger partial charge in [0.25, 0.3) is 0 Å². The van der Waals surface area contributed by atoms with Crippen LogP contribution in [0.2, 0.25) is 0 Å². The molecule has 1 N–H and O–H groups in total. The minimum atomic E-state index is -0.580. The molecule has 3 aliphatic rings. The normalized spacial score (nSPS) is 24.6. The number of rotatable bonds is 4. The molecule has 0 amide bonds. The van der Waals surface area contributed by atoms with E-state index in [0.29, 0.717) is 34.5 Å². The molecule has 4 rings (SSSR count). The van der Waals surface area contributed by atoms with Gasteiger partial charge in [0.05, 0.1) is 22.3 Å². The summed E-state index contributed by atoms with van der Waals surface area (Å²) in [4.78, 5) is 25.4. The number of hydrogen-bond donors (Lipinski definition) is 1. The van der Waals surface area contributed by atoms with Crippen molar-refractivity contribution in [1.82, 2.24) is 5.32 Å². The van der Waals surface area contributed by atoms with E-state index in [9.17, 15) is 14.0 Å². The summed E-state index contributed by atoms with van der Waals surface area (Å²) < 4.78 is 25.0. The highest BCUT2D eigenvalue weighted by Gasteiger charge is 2.46. The number of esters is 1. The maximum absolute atomic E-state index is 13.8. The van der Waals surface area contributed by atoms with Crippen molar-refractivity contribution in [2.24, 2.45) is 0 Å². The van der Waals surface area contributed by atoms with E-state index >= 15 is 0 Å². The summed E-state index contributed by atoms with van der Waals surface area (Å²) in [5, 5.41) is 3.24. The molecule has 0 unspecified atom stereocenters. The highest BCUT2D eigenvalue weighted by Crippen LogP contribution is 2.45. The quantitative estimate of drug-likeness (QED) is 0.733. The number of halogens is 2. The Morgan fingerprint density at radius 3 is 2.81 bits per heavy atom. The molecule has 0 saturated carbocycles. The Hall–Kier alpha value is -1.99. The van der Waals surface area contributed by atoms with Gasteiger partial charge < -0.3 is 14.8 Å². The zero-order chi connectivity index (χ0) is 19.1. The van der Waals surface area contributed by atoms with Crippen molar-refractivity contribution in [2.75, 3.05) is 13.2 Å². The number of carbonyl (C=O) groups is 2. The van der Waals surface area contributed by atoms with Gasteiger partial charge in [-0.3, -0.25) is 4.79 Å². The molecule has 0 saturated heterocycles. The topological polar surface area (TPSA) is 64.6 Å². The first-order valence-corrected chi connectivity index (χ1v) is 9.81. The summed E-state index contributed by atoms with van der Waals surface area (Å²) in [6.07, 6.45) is 2.26. The molecular formula is C20H19BrFNO4. The van der Waals surface area contributed by atoms with Crippen LogP contribution in [0.1, 0.15) is 37.7 Å². The van der Waals surface area contributed by atoms with E-state index in [1.165, 1.54) is 6.07 Å². The Morgan fingerprint density at radius 2 is 2.07 bits per heavy atom. The van der Waals surface area contributed by atoms with Crippen molar-refractivity contribution in [3.8, 4) is 0 Å². The Balaban J connectivity index is 1.85. The van der Waals surface area contributed by atoms with Crippen molar-refractivity contribution >= 4 is 27.7 Å². The van der Waals surface area contributed by atoms with Crippen molar-refractivity contribution in [3.05, 3.63) is 56.6 Å². The van der Waals surface area contributed by atoms with Gasteiger partial charge in [-0.15, -0.1) is 0 Å². The van der Waals surface area contributed by atoms with E-state index in [2.05, 4.69) is 28.2 Å². The third-order valence-corrected chi connectivity index (χ3v) is 5.75. The van der Waals surface area contributed by atoms with E-state index in [0.717, 1.165) is 12.8 Å². The first kappa shape index (κ1) is 18.4. The average molecular weight is 436 g/mol. The number of Topliss-reactive ketones (excluding diaryl/α,β-unsaturated/α-hetero) is 1. The fourth-order valence-electron chi connectivity index (χ4n) is 3.89. The molecule has 1 aromatic carbocycles. The van der Waals surface area contributed by atoms with E-state index in [-0.39, 0.29) is 29.6 Å². The third-order valence-electron chi connectivity index (χ3n) is 5.15. The molecular weight excluding hydrogens is 417 g/mol. The summed E-state index contributed by atoms with van der Waals surface area (Å²) >= 11 is 3.20. The lowest BCUT2D eigenvalue weighted by molar-refractivity contribution is -0.140. The number of cyclic esters (lactones) is 1. The summed E-state index contributed by atoms with van der Waals surface area (Å²) in [5.41, 5.74) is 2.99. The van der Waals surface area contributed by atoms with Gasteiger partial charge in [-0.05, 0) is 46.5 Å². The van der Waals surface area contributed by atoms with Gasteiger partial charge in [-0.25, -0.2) is 9.18 Å². The molecule has 7 heteroatoms. The maximum Gasteiger partial charge on any atom is 0.337 e. The van der Waals surface area contributed by atoms with Crippen LogP contribution in [-0.4, -0.2) is 31.1 Å². The number of benzene rings is 1. The van der Waals surface area contributed by atoms with Gasteiger partial charge in [0.2, 0.25) is 0 Å². The van der Waals surface area contributed by atoms with Gasteiger partial charge in [0.1, 0.15) is 18.5 Å². The molecule has 0 fully saturated rings. The zero-order valence-corrected chi connectivity index (χ0v) is 16.4. The van der Waals surface area contributed by atoms with Crippen LogP contribution in [0, 0.1) is 5.82 Å². The summed E-state index contributed by atoms with van der Waals surface area (Å²) in [6.45, 7) is 2.31. The second-order valence-corrected chi connectivity index (χ2v) is 7.76. The van der Waals surface area contributed by atoms with E-state index in [4.69, 9.17) is 9.47 Å². The van der Waals surface area contributed by atoms with E-state index in [1.54, 1.807) is 12.1 Å². The second-order valence-electron chi connectivity index (χ2n) is 6.90. The maximum atomic E-state index is 13.8.